The van der Waals surface area contributed by atoms with Gasteiger partial charge in [0.25, 0.3) is 0 Å². The third kappa shape index (κ3) is 2.93. The molecule has 0 fully saturated rings. The Morgan fingerprint density at radius 3 is 2.67 bits per heavy atom. The molecule has 2 unspecified atom stereocenters. The summed E-state index contributed by atoms with van der Waals surface area (Å²) in [6, 6.07) is 6.18. The van der Waals surface area contributed by atoms with Gasteiger partial charge in [0.2, 0.25) is 0 Å². The van der Waals surface area contributed by atoms with Crippen molar-refractivity contribution in [2.75, 3.05) is 13.7 Å². The van der Waals surface area contributed by atoms with Crippen LogP contribution in [0.15, 0.2) is 47.7 Å². The topological polar surface area (TPSA) is 41.8 Å². The van der Waals surface area contributed by atoms with Crippen molar-refractivity contribution >= 4 is 5.71 Å². The molecule has 112 valence electrons. The molecule has 1 aliphatic heterocycles. The molecule has 1 aliphatic rings. The van der Waals surface area contributed by atoms with Gasteiger partial charge in [0.05, 0.1) is 12.8 Å². The second kappa shape index (κ2) is 6.27. The molecule has 0 spiro atoms. The number of benzene rings is 1. The number of aliphatic imine (C=N–C) groups is 1. The van der Waals surface area contributed by atoms with Crippen molar-refractivity contribution in [1.29, 1.82) is 0 Å². The van der Waals surface area contributed by atoms with E-state index in [4.69, 9.17) is 9.73 Å². The summed E-state index contributed by atoms with van der Waals surface area (Å²) < 4.78 is 5.32. The van der Waals surface area contributed by atoms with Crippen molar-refractivity contribution in [3.8, 4) is 0 Å². The van der Waals surface area contributed by atoms with Crippen LogP contribution in [-0.4, -0.2) is 30.6 Å². The number of hydrogen-bond acceptors (Lipinski definition) is 3. The van der Waals surface area contributed by atoms with Gasteiger partial charge < -0.3 is 9.84 Å². The third-order valence-electron chi connectivity index (χ3n) is 3.95. The van der Waals surface area contributed by atoms with Gasteiger partial charge in [0.15, 0.2) is 0 Å². The van der Waals surface area contributed by atoms with Gasteiger partial charge in [0.1, 0.15) is 11.8 Å². The Bertz CT molecular complexity index is 601. The highest BCUT2D eigenvalue weighted by Crippen LogP contribution is 2.37. The molecular weight excluding hydrogens is 262 g/mol. The van der Waals surface area contributed by atoms with Gasteiger partial charge in [-0.3, -0.25) is 4.99 Å². The minimum atomic E-state index is -0.177. The molecule has 3 heteroatoms. The van der Waals surface area contributed by atoms with E-state index in [9.17, 15) is 5.11 Å². The number of hydrogen-bond donors (Lipinski definition) is 1. The van der Waals surface area contributed by atoms with Gasteiger partial charge in [0, 0.05) is 18.1 Å². The van der Waals surface area contributed by atoms with Crippen LogP contribution in [-0.2, 0) is 4.74 Å². The SMILES string of the molecule is C=C(C)C1=NC(C(=C)OC)C(CCO)c2ccc(C)cc21. The number of nitrogens with zero attached hydrogens (tertiary/aromatic N) is 1. The number of allylic oxidation sites excluding steroid dienone is 1. The molecular formula is C18H23NO2. The molecule has 3 nitrogen and oxygen atoms in total. The van der Waals surface area contributed by atoms with Crippen LogP contribution in [0.5, 0.6) is 0 Å². The first-order valence-electron chi connectivity index (χ1n) is 7.17. The Morgan fingerprint density at radius 1 is 1.38 bits per heavy atom. The van der Waals surface area contributed by atoms with E-state index in [1.807, 2.05) is 6.92 Å². The molecule has 2 rings (SSSR count). The first kappa shape index (κ1) is 15.5. The summed E-state index contributed by atoms with van der Waals surface area (Å²) in [5.74, 6) is 0.708. The fraction of sp³-hybridized carbons (Fsp3) is 0.389. The highest BCUT2D eigenvalue weighted by Gasteiger charge is 2.33. The number of ether oxygens (including phenoxy) is 1. The molecule has 0 aliphatic carbocycles. The van der Waals surface area contributed by atoms with Gasteiger partial charge in [-0.05, 0) is 37.5 Å². The van der Waals surface area contributed by atoms with Crippen LogP contribution in [0.25, 0.3) is 0 Å². The van der Waals surface area contributed by atoms with Crippen molar-refractivity contribution < 1.29 is 9.84 Å². The highest BCUT2D eigenvalue weighted by molar-refractivity contribution is 6.13. The van der Waals surface area contributed by atoms with E-state index in [2.05, 4.69) is 38.3 Å². The summed E-state index contributed by atoms with van der Waals surface area (Å²) in [5.41, 5.74) is 5.32. The second-order valence-corrected chi connectivity index (χ2v) is 5.58. The van der Waals surface area contributed by atoms with Gasteiger partial charge in [-0.15, -0.1) is 0 Å². The molecule has 2 atom stereocenters. The van der Waals surface area contributed by atoms with Gasteiger partial charge in [-0.25, -0.2) is 0 Å². The fourth-order valence-electron chi connectivity index (χ4n) is 2.88. The Labute approximate surface area is 126 Å². The number of aryl methyl sites for hydroxylation is 1. The zero-order valence-corrected chi connectivity index (χ0v) is 13.0. The normalized spacial score (nSPS) is 20.5. The molecule has 0 radical (unpaired) electrons. The fourth-order valence-corrected chi connectivity index (χ4v) is 2.88. The summed E-state index contributed by atoms with van der Waals surface area (Å²) in [6.07, 6.45) is 0.635. The predicted octanol–water partition coefficient (Wildman–Crippen LogP) is 3.37. The average molecular weight is 285 g/mol. The van der Waals surface area contributed by atoms with Crippen LogP contribution in [0.2, 0.25) is 0 Å². The van der Waals surface area contributed by atoms with Crippen molar-refractivity contribution in [1.82, 2.24) is 0 Å². The highest BCUT2D eigenvalue weighted by atomic mass is 16.5. The van der Waals surface area contributed by atoms with Gasteiger partial charge in [-0.1, -0.05) is 30.9 Å². The third-order valence-corrected chi connectivity index (χ3v) is 3.95. The number of methoxy groups -OCH3 is 1. The van der Waals surface area contributed by atoms with Crippen molar-refractivity contribution in [3.05, 3.63) is 59.4 Å². The first-order valence-corrected chi connectivity index (χ1v) is 7.17. The number of aliphatic hydroxyl groups excluding tert-OH is 1. The average Bonchev–Trinajstić information content (AvgIpc) is 2.46. The van der Waals surface area contributed by atoms with E-state index in [1.165, 1.54) is 11.1 Å². The molecule has 0 saturated heterocycles. The maximum atomic E-state index is 9.41. The van der Waals surface area contributed by atoms with E-state index in [-0.39, 0.29) is 18.6 Å². The van der Waals surface area contributed by atoms with Gasteiger partial charge in [-0.2, -0.15) is 0 Å². The van der Waals surface area contributed by atoms with Crippen LogP contribution in [0.1, 0.15) is 36.0 Å². The summed E-state index contributed by atoms with van der Waals surface area (Å²) in [6.45, 7) is 12.2. The summed E-state index contributed by atoms with van der Waals surface area (Å²) in [7, 11) is 1.61. The van der Waals surface area contributed by atoms with Crippen LogP contribution >= 0.6 is 0 Å². The molecule has 0 saturated carbocycles. The van der Waals surface area contributed by atoms with Crippen molar-refractivity contribution in [3.63, 3.8) is 0 Å². The lowest BCUT2D eigenvalue weighted by Crippen LogP contribution is -2.29. The lowest BCUT2D eigenvalue weighted by molar-refractivity contribution is 0.232. The molecule has 21 heavy (non-hydrogen) atoms. The van der Waals surface area contributed by atoms with E-state index in [0.717, 1.165) is 16.8 Å². The number of aliphatic hydroxyl groups is 1. The summed E-state index contributed by atoms with van der Waals surface area (Å²) >= 11 is 0. The lowest BCUT2D eigenvalue weighted by atomic mass is 9.79. The minimum absolute atomic E-state index is 0.0844. The minimum Gasteiger partial charge on any atom is -0.499 e. The molecule has 1 N–H and O–H groups in total. The van der Waals surface area contributed by atoms with Crippen LogP contribution in [0.3, 0.4) is 0 Å². The standard InChI is InChI=1S/C18H23NO2/c1-11(2)17-16-10-12(3)6-7-14(16)15(8-9-20)18(19-17)13(4)21-5/h6-7,10,15,18,20H,1,4,8-9H2,2-3,5H3. The second-order valence-electron chi connectivity index (χ2n) is 5.58. The molecule has 1 aromatic carbocycles. The van der Waals surface area contributed by atoms with E-state index in [0.29, 0.717) is 12.2 Å². The zero-order chi connectivity index (χ0) is 15.6. The molecule has 0 amide bonds. The molecule has 0 bridgehead atoms. The zero-order valence-electron chi connectivity index (χ0n) is 13.0. The van der Waals surface area contributed by atoms with Crippen molar-refractivity contribution in [2.24, 2.45) is 4.99 Å². The van der Waals surface area contributed by atoms with Crippen LogP contribution in [0, 0.1) is 6.92 Å². The van der Waals surface area contributed by atoms with Crippen molar-refractivity contribution in [2.45, 2.75) is 32.2 Å². The van der Waals surface area contributed by atoms with E-state index < -0.39 is 0 Å². The molecule has 0 aromatic heterocycles. The Kier molecular flexibility index (Phi) is 4.63. The maximum absolute atomic E-state index is 9.41. The summed E-state index contributed by atoms with van der Waals surface area (Å²) in [5, 5.41) is 9.41. The Balaban J connectivity index is 2.61. The molecule has 1 aromatic rings. The lowest BCUT2D eigenvalue weighted by Gasteiger charge is -2.32. The number of rotatable bonds is 5. The van der Waals surface area contributed by atoms with Crippen LogP contribution in [0.4, 0.5) is 0 Å². The van der Waals surface area contributed by atoms with E-state index >= 15 is 0 Å². The van der Waals surface area contributed by atoms with Gasteiger partial charge >= 0.3 is 0 Å². The summed E-state index contributed by atoms with van der Waals surface area (Å²) in [4.78, 5) is 4.82. The smallest absolute Gasteiger partial charge is 0.114 e. The molecule has 1 heterocycles. The Morgan fingerprint density at radius 2 is 2.10 bits per heavy atom. The predicted molar refractivity (Wildman–Crippen MR) is 86.9 cm³/mol. The quantitative estimate of drug-likeness (QED) is 0.843. The van der Waals surface area contributed by atoms with Crippen LogP contribution < -0.4 is 0 Å². The first-order chi connectivity index (χ1) is 9.99. The number of fused-ring (bicyclic) bond motifs is 1. The maximum Gasteiger partial charge on any atom is 0.114 e. The Hall–Kier alpha value is -1.87. The largest absolute Gasteiger partial charge is 0.499 e. The monoisotopic (exact) mass is 285 g/mol. The van der Waals surface area contributed by atoms with E-state index in [1.54, 1.807) is 7.11 Å².